The number of nitrogens with zero attached hydrogens (tertiary/aromatic N) is 5. The zero-order valence-corrected chi connectivity index (χ0v) is 22.9. The first kappa shape index (κ1) is 26.0. The minimum atomic E-state index is -0.891. The Balaban J connectivity index is 1.42. The SMILES string of the molecule is N#CC1=C(N)N(c2nnc(SCC(=O)Nc3ccc(Br)cn3)s2)C2=C(C(=O)CCC2)C1c1ccccc1F. The lowest BCUT2D eigenvalue weighted by molar-refractivity contribution is -0.116. The van der Waals surface area contributed by atoms with Crippen molar-refractivity contribution in [3.63, 3.8) is 0 Å². The van der Waals surface area contributed by atoms with Gasteiger partial charge >= 0.3 is 0 Å². The molecule has 9 nitrogen and oxygen atoms in total. The van der Waals surface area contributed by atoms with E-state index in [0.717, 1.165) is 4.47 Å². The Hall–Kier alpha value is -3.60. The lowest BCUT2D eigenvalue weighted by Gasteiger charge is -2.38. The minimum Gasteiger partial charge on any atom is -0.384 e. The van der Waals surface area contributed by atoms with Gasteiger partial charge in [-0.25, -0.2) is 9.37 Å². The Bertz CT molecular complexity index is 1530. The molecule has 1 aromatic carbocycles. The number of aromatic nitrogens is 3. The molecule has 192 valence electrons. The molecule has 38 heavy (non-hydrogen) atoms. The highest BCUT2D eigenvalue weighted by atomic mass is 79.9. The van der Waals surface area contributed by atoms with Gasteiger partial charge < -0.3 is 11.1 Å². The average molecular weight is 613 g/mol. The summed E-state index contributed by atoms with van der Waals surface area (Å²) in [5.74, 6) is -1.23. The zero-order valence-electron chi connectivity index (χ0n) is 19.6. The number of hydrogen-bond donors (Lipinski definition) is 2. The minimum absolute atomic E-state index is 0.0724. The quantitative estimate of drug-likeness (QED) is 0.374. The van der Waals surface area contributed by atoms with Crippen molar-refractivity contribution in [2.24, 2.45) is 5.73 Å². The second kappa shape index (κ2) is 11.0. The fourth-order valence-corrected chi connectivity index (χ4v) is 6.35. The first-order chi connectivity index (χ1) is 18.4. The number of carbonyl (C=O) groups is 2. The number of nitrogens with two attached hydrogens (primary N) is 1. The van der Waals surface area contributed by atoms with Crippen molar-refractivity contribution in [3.05, 3.63) is 81.1 Å². The Morgan fingerprint density at radius 3 is 2.84 bits per heavy atom. The summed E-state index contributed by atoms with van der Waals surface area (Å²) in [5.41, 5.74) is 7.76. The highest BCUT2D eigenvalue weighted by Gasteiger charge is 2.42. The molecule has 0 spiro atoms. The molecular weight excluding hydrogens is 593 g/mol. The van der Waals surface area contributed by atoms with Crippen molar-refractivity contribution in [1.82, 2.24) is 15.2 Å². The van der Waals surface area contributed by atoms with E-state index in [1.54, 1.807) is 41.4 Å². The van der Waals surface area contributed by atoms with Gasteiger partial charge in [0.15, 0.2) is 10.1 Å². The molecule has 0 bridgehead atoms. The third-order valence-corrected chi connectivity index (χ3v) is 8.55. The van der Waals surface area contributed by atoms with Gasteiger partial charge in [0.1, 0.15) is 17.5 Å². The molecule has 3 aromatic rings. The Kier molecular flexibility index (Phi) is 7.55. The molecule has 2 aromatic heterocycles. The van der Waals surface area contributed by atoms with Gasteiger partial charge in [-0.05, 0) is 47.0 Å². The van der Waals surface area contributed by atoms with E-state index in [9.17, 15) is 19.2 Å². The number of Topliss-reactive ketones (excluding diaryl/α,β-unsaturated/α-hetero) is 1. The Labute approximate surface area is 233 Å². The van der Waals surface area contributed by atoms with Gasteiger partial charge in [0.2, 0.25) is 11.0 Å². The second-order valence-corrected chi connectivity index (χ2v) is 11.5. The zero-order chi connectivity index (χ0) is 26.8. The number of rotatable bonds is 6. The number of amides is 1. The number of ketones is 1. The van der Waals surface area contributed by atoms with Crippen LogP contribution < -0.4 is 16.0 Å². The van der Waals surface area contributed by atoms with Gasteiger partial charge in [0.25, 0.3) is 0 Å². The van der Waals surface area contributed by atoms with E-state index in [2.05, 4.69) is 42.5 Å². The van der Waals surface area contributed by atoms with Gasteiger partial charge in [-0.1, -0.05) is 41.3 Å². The third-order valence-electron chi connectivity index (χ3n) is 6.04. The fourth-order valence-electron chi connectivity index (χ4n) is 4.43. The molecule has 1 atom stereocenters. The predicted molar refractivity (Wildman–Crippen MR) is 146 cm³/mol. The van der Waals surface area contributed by atoms with Crippen LogP contribution in [0.3, 0.4) is 0 Å². The molecule has 0 radical (unpaired) electrons. The predicted octanol–water partition coefficient (Wildman–Crippen LogP) is 4.87. The fraction of sp³-hybridized carbons (Fsp3) is 0.200. The summed E-state index contributed by atoms with van der Waals surface area (Å²) >= 11 is 5.67. The Morgan fingerprint density at radius 1 is 1.29 bits per heavy atom. The van der Waals surface area contributed by atoms with Crippen LogP contribution >= 0.6 is 39.0 Å². The number of benzene rings is 1. The van der Waals surface area contributed by atoms with Crippen LogP contribution in [0.1, 0.15) is 30.7 Å². The van der Waals surface area contributed by atoms with E-state index in [0.29, 0.717) is 45.8 Å². The second-order valence-electron chi connectivity index (χ2n) is 8.39. The van der Waals surface area contributed by atoms with Gasteiger partial charge in [-0.3, -0.25) is 14.5 Å². The molecule has 1 unspecified atom stereocenters. The molecule has 13 heteroatoms. The van der Waals surface area contributed by atoms with E-state index in [-0.39, 0.29) is 34.4 Å². The van der Waals surface area contributed by atoms with Crippen LogP contribution in [0.5, 0.6) is 0 Å². The van der Waals surface area contributed by atoms with Gasteiger partial charge in [-0.2, -0.15) is 5.26 Å². The lowest BCUT2D eigenvalue weighted by atomic mass is 9.75. The van der Waals surface area contributed by atoms with E-state index >= 15 is 0 Å². The van der Waals surface area contributed by atoms with Crippen molar-refractivity contribution >= 4 is 61.7 Å². The van der Waals surface area contributed by atoms with Crippen LogP contribution in [0.4, 0.5) is 15.3 Å². The molecule has 1 aliphatic heterocycles. The number of nitriles is 1. The van der Waals surface area contributed by atoms with Gasteiger partial charge in [-0.15, -0.1) is 10.2 Å². The van der Waals surface area contributed by atoms with Crippen LogP contribution in [0.2, 0.25) is 0 Å². The number of carbonyl (C=O) groups excluding carboxylic acids is 2. The molecule has 3 N–H and O–H groups in total. The maximum Gasteiger partial charge on any atom is 0.235 e. The smallest absolute Gasteiger partial charge is 0.235 e. The standard InChI is InChI=1S/C25H19BrFN7O2S2/c26-13-8-9-19(30-11-13)31-20(36)12-37-25-33-32-24(38-25)34-17-6-3-7-18(35)22(17)21(15(10-28)23(34)29)14-4-1-2-5-16(14)27/h1-2,4-5,8-9,11,21H,3,6-7,12,29H2,(H,30,31,36). The number of pyridine rings is 1. The molecular formula is C25H19BrFN7O2S2. The summed E-state index contributed by atoms with van der Waals surface area (Å²) in [4.78, 5) is 31.2. The van der Waals surface area contributed by atoms with Crippen LogP contribution in [-0.4, -0.2) is 32.6 Å². The first-order valence-electron chi connectivity index (χ1n) is 11.5. The van der Waals surface area contributed by atoms with Gasteiger partial charge in [0, 0.05) is 33.9 Å². The van der Waals surface area contributed by atoms with Crippen LogP contribution in [0.25, 0.3) is 0 Å². The van der Waals surface area contributed by atoms with Crippen LogP contribution in [-0.2, 0) is 9.59 Å². The monoisotopic (exact) mass is 611 g/mol. The molecule has 0 fully saturated rings. The summed E-state index contributed by atoms with van der Waals surface area (Å²) in [6.07, 6.45) is 2.99. The molecule has 1 aliphatic carbocycles. The van der Waals surface area contributed by atoms with Crippen molar-refractivity contribution in [1.29, 1.82) is 5.26 Å². The largest absolute Gasteiger partial charge is 0.384 e. The summed E-state index contributed by atoms with van der Waals surface area (Å²) < 4.78 is 16.1. The van der Waals surface area contributed by atoms with Crippen molar-refractivity contribution in [2.75, 3.05) is 16.0 Å². The number of halogens is 2. The molecule has 2 aliphatic rings. The molecule has 1 amide bonds. The average Bonchev–Trinajstić information content (AvgIpc) is 3.37. The maximum atomic E-state index is 14.8. The molecule has 3 heterocycles. The highest BCUT2D eigenvalue weighted by Crippen LogP contribution is 2.47. The van der Waals surface area contributed by atoms with E-state index < -0.39 is 11.7 Å². The maximum absolute atomic E-state index is 14.8. The number of thioether (sulfide) groups is 1. The highest BCUT2D eigenvalue weighted by molar-refractivity contribution is 9.10. The summed E-state index contributed by atoms with van der Waals surface area (Å²) in [6.45, 7) is 0. The first-order valence-corrected chi connectivity index (χ1v) is 14.0. The summed E-state index contributed by atoms with van der Waals surface area (Å²) in [7, 11) is 0. The summed E-state index contributed by atoms with van der Waals surface area (Å²) in [6, 6.07) is 11.7. The molecule has 5 rings (SSSR count). The van der Waals surface area contributed by atoms with Crippen molar-refractivity contribution in [2.45, 2.75) is 29.5 Å². The van der Waals surface area contributed by atoms with E-state index in [4.69, 9.17) is 5.73 Å². The van der Waals surface area contributed by atoms with E-state index in [1.165, 1.54) is 29.2 Å². The summed E-state index contributed by atoms with van der Waals surface area (Å²) in [5, 5.41) is 21.5. The molecule has 0 saturated heterocycles. The van der Waals surface area contributed by atoms with Crippen molar-refractivity contribution in [3.8, 4) is 6.07 Å². The topological polar surface area (TPSA) is 138 Å². The molecule has 0 saturated carbocycles. The van der Waals surface area contributed by atoms with Crippen molar-refractivity contribution < 1.29 is 14.0 Å². The lowest BCUT2D eigenvalue weighted by Crippen LogP contribution is -2.38. The number of hydrogen-bond acceptors (Lipinski definition) is 10. The number of allylic oxidation sites excluding steroid dienone is 3. The number of nitrogens with one attached hydrogen (secondary N) is 1. The third kappa shape index (κ3) is 5.07. The normalized spacial score (nSPS) is 17.3. The van der Waals surface area contributed by atoms with Gasteiger partial charge in [0.05, 0.1) is 23.3 Å². The van der Waals surface area contributed by atoms with E-state index in [1.807, 2.05) is 0 Å². The van der Waals surface area contributed by atoms with Crippen LogP contribution in [0.15, 0.2) is 74.1 Å². The number of anilines is 2. The van der Waals surface area contributed by atoms with Crippen LogP contribution in [0, 0.1) is 17.1 Å². The Morgan fingerprint density at radius 2 is 2.11 bits per heavy atom.